The van der Waals surface area contributed by atoms with Gasteiger partial charge in [-0.3, -0.25) is 19.7 Å². The molecule has 156 valence electrons. The van der Waals surface area contributed by atoms with E-state index >= 15 is 0 Å². The van der Waals surface area contributed by atoms with Crippen LogP contribution in [0.3, 0.4) is 0 Å². The van der Waals surface area contributed by atoms with Crippen molar-refractivity contribution in [3.05, 3.63) is 99.6 Å². The number of amides is 2. The van der Waals surface area contributed by atoms with Crippen molar-refractivity contribution in [1.29, 1.82) is 0 Å². The topological polar surface area (TPSA) is 119 Å². The molecule has 0 aliphatic carbocycles. The number of benzene rings is 3. The van der Waals surface area contributed by atoms with E-state index in [1.807, 2.05) is 35.2 Å². The third kappa shape index (κ3) is 4.23. The summed E-state index contributed by atoms with van der Waals surface area (Å²) in [5.41, 5.74) is 8.79. The average molecular weight is 416 g/mol. The standard InChI is InChI=1S/C23H20N4O4/c24-22(28)17-8-11-20-19(13-17)25-23(29)21(12-15-4-2-1-3-5-15)26(20)14-16-6-9-18(10-7-16)27(30)31/h1-11,13,21H,12,14H2,(H2,24,28)(H,25,29)/t21-/m0/s1. The lowest BCUT2D eigenvalue weighted by molar-refractivity contribution is -0.384. The maximum absolute atomic E-state index is 13.0. The molecule has 0 spiro atoms. The van der Waals surface area contributed by atoms with Gasteiger partial charge in [0, 0.05) is 30.7 Å². The number of hydrogen-bond donors (Lipinski definition) is 2. The molecule has 0 aromatic heterocycles. The molecule has 0 saturated heterocycles. The first-order valence-electron chi connectivity index (χ1n) is 9.71. The number of carbonyl (C=O) groups excluding carboxylic acids is 2. The number of nitrogens with zero attached hydrogens (tertiary/aromatic N) is 2. The normalized spacial score (nSPS) is 15.2. The Bertz CT molecular complexity index is 1150. The maximum Gasteiger partial charge on any atom is 0.269 e. The second-order valence-electron chi connectivity index (χ2n) is 7.34. The minimum absolute atomic E-state index is 0.00692. The number of nitrogens with two attached hydrogens (primary N) is 1. The van der Waals surface area contributed by atoms with Gasteiger partial charge in [-0.05, 0) is 29.3 Å². The first kappa shape index (κ1) is 20.1. The van der Waals surface area contributed by atoms with Crippen LogP contribution in [-0.4, -0.2) is 22.8 Å². The predicted octanol–water partition coefficient (Wildman–Crippen LogP) is 3.26. The molecule has 0 fully saturated rings. The molecule has 1 heterocycles. The zero-order valence-electron chi connectivity index (χ0n) is 16.5. The molecule has 2 amide bonds. The number of nitrogens with one attached hydrogen (secondary N) is 1. The molecule has 8 heteroatoms. The third-order valence-electron chi connectivity index (χ3n) is 5.30. The van der Waals surface area contributed by atoms with Gasteiger partial charge in [0.1, 0.15) is 6.04 Å². The summed E-state index contributed by atoms with van der Waals surface area (Å²) in [5, 5.41) is 13.8. The monoisotopic (exact) mass is 416 g/mol. The first-order valence-corrected chi connectivity index (χ1v) is 9.71. The highest BCUT2D eigenvalue weighted by molar-refractivity contribution is 6.05. The highest BCUT2D eigenvalue weighted by atomic mass is 16.6. The molecule has 0 radical (unpaired) electrons. The van der Waals surface area contributed by atoms with Gasteiger partial charge in [0.15, 0.2) is 0 Å². The Labute approximate surface area is 178 Å². The predicted molar refractivity (Wildman–Crippen MR) is 117 cm³/mol. The molecule has 3 aromatic rings. The Hall–Kier alpha value is -4.20. The second-order valence-corrected chi connectivity index (χ2v) is 7.34. The van der Waals surface area contributed by atoms with Crippen molar-refractivity contribution < 1.29 is 14.5 Å². The molecule has 1 aliphatic rings. The van der Waals surface area contributed by atoms with Crippen molar-refractivity contribution >= 4 is 28.9 Å². The summed E-state index contributed by atoms with van der Waals surface area (Å²) >= 11 is 0. The summed E-state index contributed by atoms with van der Waals surface area (Å²) in [5.74, 6) is -0.773. The van der Waals surface area contributed by atoms with Crippen molar-refractivity contribution in [3.8, 4) is 0 Å². The number of hydrogen-bond acceptors (Lipinski definition) is 5. The van der Waals surface area contributed by atoms with Crippen molar-refractivity contribution in [2.45, 2.75) is 19.0 Å². The van der Waals surface area contributed by atoms with Gasteiger partial charge in [0.2, 0.25) is 11.8 Å². The van der Waals surface area contributed by atoms with Crippen LogP contribution in [0.15, 0.2) is 72.8 Å². The molecule has 1 aliphatic heterocycles. The Kier molecular flexibility index (Phi) is 5.36. The molecule has 31 heavy (non-hydrogen) atoms. The van der Waals surface area contributed by atoms with E-state index in [0.717, 1.165) is 16.8 Å². The lowest BCUT2D eigenvalue weighted by atomic mass is 9.98. The number of nitro benzene ring substituents is 1. The smallest absolute Gasteiger partial charge is 0.269 e. The van der Waals surface area contributed by atoms with E-state index < -0.39 is 16.9 Å². The van der Waals surface area contributed by atoms with Crippen LogP contribution in [0.2, 0.25) is 0 Å². The second kappa shape index (κ2) is 8.27. The van der Waals surface area contributed by atoms with E-state index in [0.29, 0.717) is 24.2 Å². The number of rotatable bonds is 6. The average Bonchev–Trinajstić information content (AvgIpc) is 2.76. The summed E-state index contributed by atoms with van der Waals surface area (Å²) in [4.78, 5) is 37.1. The van der Waals surface area contributed by atoms with E-state index in [-0.39, 0.29) is 11.6 Å². The highest BCUT2D eigenvalue weighted by Gasteiger charge is 2.33. The van der Waals surface area contributed by atoms with Crippen molar-refractivity contribution in [2.75, 3.05) is 10.2 Å². The highest BCUT2D eigenvalue weighted by Crippen LogP contribution is 2.35. The van der Waals surface area contributed by atoms with E-state index in [4.69, 9.17) is 5.73 Å². The van der Waals surface area contributed by atoms with Gasteiger partial charge >= 0.3 is 0 Å². The quantitative estimate of drug-likeness (QED) is 0.472. The Morgan fingerprint density at radius 2 is 1.74 bits per heavy atom. The van der Waals surface area contributed by atoms with E-state index in [1.54, 1.807) is 30.3 Å². The van der Waals surface area contributed by atoms with Crippen molar-refractivity contribution in [2.24, 2.45) is 5.73 Å². The molecule has 3 aromatic carbocycles. The molecular weight excluding hydrogens is 396 g/mol. The SMILES string of the molecule is NC(=O)c1ccc2c(c1)NC(=O)[C@H](Cc1ccccc1)N2Cc1ccc([N+](=O)[O-])cc1. The van der Waals surface area contributed by atoms with Gasteiger partial charge < -0.3 is 16.0 Å². The number of anilines is 2. The van der Waals surface area contributed by atoms with Gasteiger partial charge in [0.25, 0.3) is 5.69 Å². The number of fused-ring (bicyclic) bond motifs is 1. The summed E-state index contributed by atoms with van der Waals surface area (Å²) in [6, 6.07) is 20.4. The van der Waals surface area contributed by atoms with Crippen LogP contribution in [0.4, 0.5) is 17.1 Å². The van der Waals surface area contributed by atoms with Gasteiger partial charge in [-0.25, -0.2) is 0 Å². The van der Waals surface area contributed by atoms with E-state index in [2.05, 4.69) is 5.32 Å². The molecule has 0 bridgehead atoms. The fourth-order valence-corrected chi connectivity index (χ4v) is 3.72. The Morgan fingerprint density at radius 1 is 1.03 bits per heavy atom. The van der Waals surface area contributed by atoms with Crippen LogP contribution >= 0.6 is 0 Å². The van der Waals surface area contributed by atoms with Gasteiger partial charge in [-0.2, -0.15) is 0 Å². The Balaban J connectivity index is 1.72. The minimum atomic E-state index is -0.578. The van der Waals surface area contributed by atoms with Crippen LogP contribution in [0, 0.1) is 10.1 Å². The molecule has 4 rings (SSSR count). The van der Waals surface area contributed by atoms with Gasteiger partial charge in [0.05, 0.1) is 16.3 Å². The lowest BCUT2D eigenvalue weighted by Gasteiger charge is -2.38. The number of non-ortho nitro benzene ring substituents is 1. The fourth-order valence-electron chi connectivity index (χ4n) is 3.72. The Morgan fingerprint density at radius 3 is 2.39 bits per heavy atom. The molecule has 1 atom stereocenters. The molecular formula is C23H20N4O4. The summed E-state index contributed by atoms with van der Waals surface area (Å²) in [7, 11) is 0. The van der Waals surface area contributed by atoms with Crippen molar-refractivity contribution in [1.82, 2.24) is 0 Å². The summed E-state index contributed by atoms with van der Waals surface area (Å²) < 4.78 is 0. The summed E-state index contributed by atoms with van der Waals surface area (Å²) in [6.45, 7) is 0.367. The fraction of sp³-hybridized carbons (Fsp3) is 0.130. The molecule has 3 N–H and O–H groups in total. The van der Waals surface area contributed by atoms with E-state index in [9.17, 15) is 19.7 Å². The number of carbonyl (C=O) groups is 2. The van der Waals surface area contributed by atoms with Crippen LogP contribution in [0.25, 0.3) is 0 Å². The summed E-state index contributed by atoms with van der Waals surface area (Å²) in [6.07, 6.45) is 0.483. The van der Waals surface area contributed by atoms with Crippen LogP contribution in [0.1, 0.15) is 21.5 Å². The van der Waals surface area contributed by atoms with Crippen LogP contribution in [-0.2, 0) is 17.8 Å². The van der Waals surface area contributed by atoms with Crippen LogP contribution < -0.4 is 16.0 Å². The zero-order valence-corrected chi connectivity index (χ0v) is 16.5. The largest absolute Gasteiger partial charge is 0.366 e. The van der Waals surface area contributed by atoms with Gasteiger partial charge in [-0.1, -0.05) is 42.5 Å². The first-order chi connectivity index (χ1) is 14.9. The minimum Gasteiger partial charge on any atom is -0.366 e. The van der Waals surface area contributed by atoms with Crippen molar-refractivity contribution in [3.63, 3.8) is 0 Å². The number of nitro groups is 1. The molecule has 0 unspecified atom stereocenters. The molecule has 8 nitrogen and oxygen atoms in total. The van der Waals surface area contributed by atoms with Gasteiger partial charge in [-0.15, -0.1) is 0 Å². The number of primary amides is 1. The lowest BCUT2D eigenvalue weighted by Crippen LogP contribution is -2.49. The third-order valence-corrected chi connectivity index (χ3v) is 5.30. The zero-order chi connectivity index (χ0) is 22.0. The van der Waals surface area contributed by atoms with Crippen LogP contribution in [0.5, 0.6) is 0 Å². The van der Waals surface area contributed by atoms with E-state index in [1.165, 1.54) is 12.1 Å². The maximum atomic E-state index is 13.0. The molecule has 0 saturated carbocycles.